The van der Waals surface area contributed by atoms with Crippen LogP contribution >= 0.6 is 11.8 Å². The maximum atomic E-state index is 4.02. The van der Waals surface area contributed by atoms with E-state index in [2.05, 4.69) is 22.2 Å². The summed E-state index contributed by atoms with van der Waals surface area (Å²) in [6.45, 7) is 2.20. The molecule has 1 atom stereocenters. The second-order valence-corrected chi connectivity index (χ2v) is 4.24. The minimum atomic E-state index is 0.368. The molecule has 1 aromatic rings. The van der Waals surface area contributed by atoms with Crippen LogP contribution in [-0.4, -0.2) is 28.5 Å². The third-order valence-corrected chi connectivity index (χ3v) is 3.23. The summed E-state index contributed by atoms with van der Waals surface area (Å²) in [5.74, 6) is 2.30. The molecule has 1 aromatic heterocycles. The highest BCUT2D eigenvalue weighted by molar-refractivity contribution is 7.99. The Balaban J connectivity index is 2.46. The molecule has 0 saturated heterocycles. The summed E-state index contributed by atoms with van der Waals surface area (Å²) in [6, 6.07) is 0.368. The number of hydrogen-bond donors (Lipinski definition) is 1. The smallest absolute Gasteiger partial charge is 0.115 e. The van der Waals surface area contributed by atoms with Gasteiger partial charge in [-0.05, 0) is 19.2 Å². The van der Waals surface area contributed by atoms with Crippen molar-refractivity contribution in [3.63, 3.8) is 0 Å². The van der Waals surface area contributed by atoms with E-state index >= 15 is 0 Å². The number of rotatable bonds is 6. The Morgan fingerprint density at radius 3 is 2.71 bits per heavy atom. The van der Waals surface area contributed by atoms with Gasteiger partial charge in [0, 0.05) is 29.8 Å². The van der Waals surface area contributed by atoms with Crippen LogP contribution in [-0.2, 0) is 0 Å². The largest absolute Gasteiger partial charge is 0.312 e. The van der Waals surface area contributed by atoms with Gasteiger partial charge in [0.05, 0.1) is 0 Å². The van der Waals surface area contributed by atoms with E-state index in [0.29, 0.717) is 6.04 Å². The fourth-order valence-corrected chi connectivity index (χ4v) is 2.23. The molecule has 0 amide bonds. The Morgan fingerprint density at radius 2 is 2.14 bits per heavy atom. The number of hydrogen-bond acceptors (Lipinski definition) is 4. The molecule has 3 nitrogen and oxygen atoms in total. The molecule has 4 heteroatoms. The highest BCUT2D eigenvalue weighted by Gasteiger charge is 2.08. The zero-order valence-corrected chi connectivity index (χ0v) is 9.55. The second kappa shape index (κ2) is 6.79. The molecule has 0 bridgehead atoms. The first kappa shape index (κ1) is 11.5. The summed E-state index contributed by atoms with van der Waals surface area (Å²) >= 11 is 1.96. The van der Waals surface area contributed by atoms with Gasteiger partial charge in [-0.15, -0.1) is 0 Å². The van der Waals surface area contributed by atoms with Gasteiger partial charge in [-0.1, -0.05) is 6.92 Å². The van der Waals surface area contributed by atoms with Crippen molar-refractivity contribution in [2.45, 2.75) is 19.4 Å². The van der Waals surface area contributed by atoms with Crippen LogP contribution in [0.3, 0.4) is 0 Å². The van der Waals surface area contributed by atoms with Crippen molar-refractivity contribution in [2.24, 2.45) is 0 Å². The van der Waals surface area contributed by atoms with Gasteiger partial charge in [-0.3, -0.25) is 0 Å². The Labute approximate surface area is 89.7 Å². The maximum Gasteiger partial charge on any atom is 0.115 e. The number of aromatic nitrogens is 2. The van der Waals surface area contributed by atoms with E-state index in [-0.39, 0.29) is 0 Å². The maximum absolute atomic E-state index is 4.02. The molecular weight excluding hydrogens is 194 g/mol. The third-order valence-electron chi connectivity index (χ3n) is 1.96. The molecule has 14 heavy (non-hydrogen) atoms. The molecule has 78 valence electrons. The van der Waals surface area contributed by atoms with Crippen molar-refractivity contribution in [1.29, 1.82) is 0 Å². The van der Waals surface area contributed by atoms with Crippen LogP contribution < -0.4 is 5.32 Å². The zero-order chi connectivity index (χ0) is 10.2. The molecule has 1 unspecified atom stereocenters. The highest BCUT2D eigenvalue weighted by atomic mass is 32.2. The Hall–Kier alpha value is -0.610. The summed E-state index contributed by atoms with van der Waals surface area (Å²) in [7, 11) is 1.98. The van der Waals surface area contributed by atoms with E-state index in [1.165, 1.54) is 17.7 Å². The normalized spacial score (nSPS) is 12.7. The number of nitrogens with zero attached hydrogens (tertiary/aromatic N) is 2. The summed E-state index contributed by atoms with van der Waals surface area (Å²) in [6.07, 6.45) is 6.54. The van der Waals surface area contributed by atoms with E-state index in [1.807, 2.05) is 31.2 Å². The summed E-state index contributed by atoms with van der Waals surface area (Å²) in [4.78, 5) is 8.04. The Kier molecular flexibility index (Phi) is 5.56. The first-order valence-electron chi connectivity index (χ1n) is 4.88. The van der Waals surface area contributed by atoms with Gasteiger partial charge in [0.1, 0.15) is 6.33 Å². The monoisotopic (exact) mass is 211 g/mol. The lowest BCUT2D eigenvalue weighted by atomic mass is 10.2. The van der Waals surface area contributed by atoms with Gasteiger partial charge in [0.25, 0.3) is 0 Å². The quantitative estimate of drug-likeness (QED) is 0.729. The van der Waals surface area contributed by atoms with Gasteiger partial charge >= 0.3 is 0 Å². The van der Waals surface area contributed by atoms with E-state index in [0.717, 1.165) is 5.75 Å². The summed E-state index contributed by atoms with van der Waals surface area (Å²) in [5.41, 5.74) is 1.17. The van der Waals surface area contributed by atoms with Gasteiger partial charge in [-0.2, -0.15) is 11.8 Å². The van der Waals surface area contributed by atoms with E-state index in [4.69, 9.17) is 0 Å². The lowest BCUT2D eigenvalue weighted by Crippen LogP contribution is -2.19. The lowest BCUT2D eigenvalue weighted by molar-refractivity contribution is 0.655. The van der Waals surface area contributed by atoms with Crippen LogP contribution in [0.1, 0.15) is 24.9 Å². The van der Waals surface area contributed by atoms with Crippen LogP contribution in [0.15, 0.2) is 18.7 Å². The van der Waals surface area contributed by atoms with Gasteiger partial charge in [0.15, 0.2) is 0 Å². The Morgan fingerprint density at radius 1 is 1.43 bits per heavy atom. The summed E-state index contributed by atoms with van der Waals surface area (Å²) < 4.78 is 0. The van der Waals surface area contributed by atoms with E-state index in [9.17, 15) is 0 Å². The summed E-state index contributed by atoms with van der Waals surface area (Å²) in [5, 5.41) is 3.28. The van der Waals surface area contributed by atoms with Crippen molar-refractivity contribution in [3.05, 3.63) is 24.3 Å². The molecule has 0 saturated carbocycles. The van der Waals surface area contributed by atoms with Crippen LogP contribution in [0.5, 0.6) is 0 Å². The zero-order valence-electron chi connectivity index (χ0n) is 8.73. The van der Waals surface area contributed by atoms with Gasteiger partial charge in [0.2, 0.25) is 0 Å². The molecule has 0 aliphatic heterocycles. The predicted molar refractivity (Wildman–Crippen MR) is 61.4 cm³/mol. The van der Waals surface area contributed by atoms with E-state index < -0.39 is 0 Å². The molecule has 0 spiro atoms. The number of thioether (sulfide) groups is 1. The standard InChI is InChI=1S/C10H17N3S/c1-3-4-14-7-10(11-2)9-5-12-8-13-6-9/h5-6,8,10-11H,3-4,7H2,1-2H3. The molecule has 1 rings (SSSR count). The molecule has 1 N–H and O–H groups in total. The average Bonchev–Trinajstić information content (AvgIpc) is 2.26. The third kappa shape index (κ3) is 3.64. The van der Waals surface area contributed by atoms with Crippen LogP contribution in [0, 0.1) is 0 Å². The minimum absolute atomic E-state index is 0.368. The van der Waals surface area contributed by atoms with Crippen molar-refractivity contribution in [2.75, 3.05) is 18.6 Å². The molecule has 0 aromatic carbocycles. The average molecular weight is 211 g/mol. The molecule has 0 aliphatic rings. The lowest BCUT2D eigenvalue weighted by Gasteiger charge is -2.14. The topological polar surface area (TPSA) is 37.8 Å². The van der Waals surface area contributed by atoms with Gasteiger partial charge in [-0.25, -0.2) is 9.97 Å². The van der Waals surface area contributed by atoms with Crippen molar-refractivity contribution in [1.82, 2.24) is 15.3 Å². The second-order valence-electron chi connectivity index (χ2n) is 3.09. The van der Waals surface area contributed by atoms with E-state index in [1.54, 1.807) is 6.33 Å². The fourth-order valence-electron chi connectivity index (χ4n) is 1.18. The molecule has 0 aliphatic carbocycles. The molecule has 0 fully saturated rings. The Bertz CT molecular complexity index is 240. The fraction of sp³-hybridized carbons (Fsp3) is 0.600. The highest BCUT2D eigenvalue weighted by Crippen LogP contribution is 2.16. The SMILES string of the molecule is CCCSCC(NC)c1cncnc1. The molecular formula is C10H17N3S. The van der Waals surface area contributed by atoms with Crippen LogP contribution in [0.25, 0.3) is 0 Å². The van der Waals surface area contributed by atoms with Crippen molar-refractivity contribution >= 4 is 11.8 Å². The minimum Gasteiger partial charge on any atom is -0.312 e. The number of nitrogens with one attached hydrogen (secondary N) is 1. The van der Waals surface area contributed by atoms with Crippen LogP contribution in [0.2, 0.25) is 0 Å². The molecule has 0 radical (unpaired) electrons. The van der Waals surface area contributed by atoms with Gasteiger partial charge < -0.3 is 5.32 Å². The van der Waals surface area contributed by atoms with Crippen molar-refractivity contribution in [3.8, 4) is 0 Å². The molecule has 1 heterocycles. The van der Waals surface area contributed by atoms with Crippen molar-refractivity contribution < 1.29 is 0 Å². The first-order valence-corrected chi connectivity index (χ1v) is 6.03. The first-order chi connectivity index (χ1) is 6.88. The predicted octanol–water partition coefficient (Wildman–Crippen LogP) is 1.88. The van der Waals surface area contributed by atoms with Crippen LogP contribution in [0.4, 0.5) is 0 Å².